The minimum Gasteiger partial charge on any atom is -0.312 e. The molecule has 1 aromatic rings. The minimum atomic E-state index is 0.842. The highest BCUT2D eigenvalue weighted by molar-refractivity contribution is 9.10. The van der Waals surface area contributed by atoms with Crippen molar-refractivity contribution in [3.05, 3.63) is 33.8 Å². The molecular formula is C13H18BrNS. The summed E-state index contributed by atoms with van der Waals surface area (Å²) >= 11 is 5.68. The second-order valence-corrected chi connectivity index (χ2v) is 6.61. The predicted octanol–water partition coefficient (Wildman–Crippen LogP) is 3.74. The van der Waals surface area contributed by atoms with Crippen LogP contribution in [0.2, 0.25) is 0 Å². The second kappa shape index (κ2) is 6.08. The fourth-order valence-corrected chi connectivity index (χ4v) is 3.59. The largest absolute Gasteiger partial charge is 0.312 e. The molecule has 0 spiro atoms. The first-order chi connectivity index (χ1) is 7.75. The zero-order valence-corrected chi connectivity index (χ0v) is 12.0. The zero-order chi connectivity index (χ0) is 11.4. The molecule has 1 heterocycles. The molecule has 1 fully saturated rings. The lowest BCUT2D eigenvalue weighted by Gasteiger charge is -2.10. The molecule has 0 aromatic heterocycles. The molecule has 1 saturated heterocycles. The number of thioether (sulfide) groups is 1. The fraction of sp³-hybridized carbons (Fsp3) is 0.538. The van der Waals surface area contributed by atoms with E-state index in [0.29, 0.717) is 0 Å². The Morgan fingerprint density at radius 3 is 3.06 bits per heavy atom. The number of nitrogens with one attached hydrogen (secondary N) is 1. The van der Waals surface area contributed by atoms with Crippen LogP contribution in [-0.2, 0) is 6.54 Å². The van der Waals surface area contributed by atoms with Crippen molar-refractivity contribution in [2.24, 2.45) is 0 Å². The van der Waals surface area contributed by atoms with Crippen LogP contribution in [0.15, 0.2) is 22.7 Å². The number of benzene rings is 1. The third-order valence-electron chi connectivity index (χ3n) is 2.96. The van der Waals surface area contributed by atoms with Crippen molar-refractivity contribution in [2.75, 3.05) is 12.3 Å². The first kappa shape index (κ1) is 12.5. The number of hydrogen-bond donors (Lipinski definition) is 1. The topological polar surface area (TPSA) is 12.0 Å². The maximum absolute atomic E-state index is 3.57. The summed E-state index contributed by atoms with van der Waals surface area (Å²) in [5.74, 6) is 1.35. The Morgan fingerprint density at radius 2 is 2.38 bits per heavy atom. The molecule has 0 aliphatic carbocycles. The highest BCUT2D eigenvalue weighted by atomic mass is 79.9. The Bertz CT molecular complexity index is 348. The average molecular weight is 300 g/mol. The maximum atomic E-state index is 3.57. The van der Waals surface area contributed by atoms with Crippen LogP contribution >= 0.6 is 27.7 Å². The van der Waals surface area contributed by atoms with E-state index in [1.807, 2.05) is 0 Å². The van der Waals surface area contributed by atoms with Gasteiger partial charge in [0, 0.05) is 22.8 Å². The van der Waals surface area contributed by atoms with Crippen molar-refractivity contribution < 1.29 is 0 Å². The van der Waals surface area contributed by atoms with Gasteiger partial charge in [0.15, 0.2) is 0 Å². The first-order valence-corrected chi connectivity index (χ1v) is 7.67. The third-order valence-corrected chi connectivity index (χ3v) is 5.21. The number of halogens is 1. The molecule has 2 rings (SSSR count). The van der Waals surface area contributed by atoms with Crippen molar-refractivity contribution >= 4 is 27.7 Å². The Balaban J connectivity index is 1.78. The SMILES string of the molecule is Cc1ccc(CNCC2CCCS2)cc1Br. The van der Waals surface area contributed by atoms with E-state index in [1.165, 1.54) is 34.2 Å². The average Bonchev–Trinajstić information content (AvgIpc) is 2.76. The highest BCUT2D eigenvalue weighted by Gasteiger charge is 2.14. The molecule has 0 radical (unpaired) electrons. The van der Waals surface area contributed by atoms with Crippen molar-refractivity contribution in [1.29, 1.82) is 0 Å². The zero-order valence-electron chi connectivity index (χ0n) is 9.63. The van der Waals surface area contributed by atoms with Gasteiger partial charge in [0.2, 0.25) is 0 Å². The summed E-state index contributed by atoms with van der Waals surface area (Å²) in [6.45, 7) is 4.25. The van der Waals surface area contributed by atoms with E-state index in [4.69, 9.17) is 0 Å². The van der Waals surface area contributed by atoms with E-state index in [9.17, 15) is 0 Å². The third kappa shape index (κ3) is 3.51. The Morgan fingerprint density at radius 1 is 1.50 bits per heavy atom. The fourth-order valence-electron chi connectivity index (χ4n) is 1.93. The van der Waals surface area contributed by atoms with E-state index in [2.05, 4.69) is 58.1 Å². The van der Waals surface area contributed by atoms with Crippen LogP contribution in [-0.4, -0.2) is 17.5 Å². The summed E-state index contributed by atoms with van der Waals surface area (Å²) in [6, 6.07) is 6.59. The maximum Gasteiger partial charge on any atom is 0.0207 e. The Labute approximate surface area is 111 Å². The predicted molar refractivity (Wildman–Crippen MR) is 76.1 cm³/mol. The molecular weight excluding hydrogens is 282 g/mol. The van der Waals surface area contributed by atoms with Gasteiger partial charge >= 0.3 is 0 Å². The quantitative estimate of drug-likeness (QED) is 0.909. The first-order valence-electron chi connectivity index (χ1n) is 5.83. The van der Waals surface area contributed by atoms with E-state index in [0.717, 1.165) is 18.3 Å². The van der Waals surface area contributed by atoms with Gasteiger partial charge in [0.25, 0.3) is 0 Å². The van der Waals surface area contributed by atoms with Crippen LogP contribution in [0.4, 0.5) is 0 Å². The number of aryl methyl sites for hydroxylation is 1. The summed E-state index contributed by atoms with van der Waals surface area (Å²) in [5.41, 5.74) is 2.66. The van der Waals surface area contributed by atoms with Gasteiger partial charge in [-0.25, -0.2) is 0 Å². The molecule has 3 heteroatoms. The summed E-state index contributed by atoms with van der Waals surface area (Å²) in [6.07, 6.45) is 2.78. The molecule has 1 aliphatic rings. The van der Waals surface area contributed by atoms with E-state index in [1.54, 1.807) is 0 Å². The molecule has 1 N–H and O–H groups in total. The van der Waals surface area contributed by atoms with Gasteiger partial charge in [0.05, 0.1) is 0 Å². The van der Waals surface area contributed by atoms with Gasteiger partial charge in [0.1, 0.15) is 0 Å². The smallest absolute Gasteiger partial charge is 0.0207 e. The minimum absolute atomic E-state index is 0.842. The van der Waals surface area contributed by atoms with Crippen molar-refractivity contribution in [2.45, 2.75) is 31.6 Å². The summed E-state index contributed by atoms with van der Waals surface area (Å²) in [5, 5.41) is 4.39. The lowest BCUT2D eigenvalue weighted by atomic mass is 10.1. The Hall–Kier alpha value is 0.01000. The van der Waals surface area contributed by atoms with Gasteiger partial charge in [-0.1, -0.05) is 28.1 Å². The van der Waals surface area contributed by atoms with Crippen LogP contribution in [0.3, 0.4) is 0 Å². The molecule has 0 amide bonds. The van der Waals surface area contributed by atoms with E-state index >= 15 is 0 Å². The van der Waals surface area contributed by atoms with Crippen LogP contribution < -0.4 is 5.32 Å². The normalized spacial score (nSPS) is 20.2. The molecule has 16 heavy (non-hydrogen) atoms. The van der Waals surface area contributed by atoms with Crippen LogP contribution in [0.5, 0.6) is 0 Å². The Kier molecular flexibility index (Phi) is 4.74. The molecule has 1 unspecified atom stereocenters. The van der Waals surface area contributed by atoms with Crippen molar-refractivity contribution in [3.8, 4) is 0 Å². The molecule has 0 saturated carbocycles. The molecule has 0 bridgehead atoms. The molecule has 88 valence electrons. The van der Waals surface area contributed by atoms with Crippen molar-refractivity contribution in [1.82, 2.24) is 5.32 Å². The summed E-state index contributed by atoms with van der Waals surface area (Å²) in [4.78, 5) is 0. The van der Waals surface area contributed by atoms with Gasteiger partial charge in [-0.2, -0.15) is 11.8 Å². The van der Waals surface area contributed by atoms with Crippen LogP contribution in [0, 0.1) is 6.92 Å². The van der Waals surface area contributed by atoms with Gasteiger partial charge < -0.3 is 5.32 Å². The molecule has 1 aromatic carbocycles. The monoisotopic (exact) mass is 299 g/mol. The molecule has 1 nitrogen and oxygen atoms in total. The molecule has 1 aliphatic heterocycles. The number of rotatable bonds is 4. The highest BCUT2D eigenvalue weighted by Crippen LogP contribution is 2.25. The van der Waals surface area contributed by atoms with Crippen LogP contribution in [0.1, 0.15) is 24.0 Å². The standard InChI is InChI=1S/C13H18BrNS/c1-10-4-5-11(7-13(10)14)8-15-9-12-3-2-6-16-12/h4-5,7,12,15H,2-3,6,8-9H2,1H3. The van der Waals surface area contributed by atoms with E-state index in [-0.39, 0.29) is 0 Å². The number of hydrogen-bond acceptors (Lipinski definition) is 2. The van der Waals surface area contributed by atoms with Gasteiger partial charge in [-0.15, -0.1) is 0 Å². The van der Waals surface area contributed by atoms with Gasteiger partial charge in [-0.3, -0.25) is 0 Å². The lowest BCUT2D eigenvalue weighted by Crippen LogP contribution is -2.22. The van der Waals surface area contributed by atoms with E-state index < -0.39 is 0 Å². The molecule has 1 atom stereocenters. The second-order valence-electron chi connectivity index (χ2n) is 4.35. The van der Waals surface area contributed by atoms with Crippen molar-refractivity contribution in [3.63, 3.8) is 0 Å². The summed E-state index contributed by atoms with van der Waals surface area (Å²) in [7, 11) is 0. The lowest BCUT2D eigenvalue weighted by molar-refractivity contribution is 0.645. The van der Waals surface area contributed by atoms with Gasteiger partial charge in [-0.05, 0) is 42.7 Å². The summed E-state index contributed by atoms with van der Waals surface area (Å²) < 4.78 is 1.21. The van der Waals surface area contributed by atoms with Crippen LogP contribution in [0.25, 0.3) is 0 Å².